The van der Waals surface area contributed by atoms with Crippen LogP contribution in [-0.2, 0) is 16.4 Å². The Balaban J connectivity index is 1.44. The SMILES string of the molecule is O=C(Nc1ccc2c(c1)CCCN2S(=O)(=O)c1cccs1)c1cc2ccccc2oc1=O. The van der Waals surface area contributed by atoms with Gasteiger partial charge in [0.15, 0.2) is 0 Å². The third-order valence-corrected chi connectivity index (χ3v) is 8.53. The summed E-state index contributed by atoms with van der Waals surface area (Å²) >= 11 is 1.18. The van der Waals surface area contributed by atoms with Gasteiger partial charge in [-0.3, -0.25) is 9.10 Å². The van der Waals surface area contributed by atoms with Crippen LogP contribution in [0.25, 0.3) is 11.0 Å². The predicted molar refractivity (Wildman–Crippen MR) is 124 cm³/mol. The van der Waals surface area contributed by atoms with Crippen molar-refractivity contribution in [1.82, 2.24) is 0 Å². The summed E-state index contributed by atoms with van der Waals surface area (Å²) in [6.45, 7) is 0.400. The van der Waals surface area contributed by atoms with Crippen molar-refractivity contribution in [3.63, 3.8) is 0 Å². The third kappa shape index (κ3) is 3.59. The number of carbonyl (C=O) groups is 1. The molecule has 9 heteroatoms. The lowest BCUT2D eigenvalue weighted by Gasteiger charge is -2.30. The van der Waals surface area contributed by atoms with Crippen molar-refractivity contribution < 1.29 is 17.6 Å². The molecular formula is C23H18N2O5S2. The van der Waals surface area contributed by atoms with Crippen LogP contribution in [0.3, 0.4) is 0 Å². The molecule has 1 aliphatic rings. The number of sulfonamides is 1. The maximum absolute atomic E-state index is 13.0. The van der Waals surface area contributed by atoms with E-state index in [4.69, 9.17) is 4.42 Å². The summed E-state index contributed by atoms with van der Waals surface area (Å²) in [6.07, 6.45) is 1.36. The molecule has 1 aliphatic heterocycles. The molecule has 162 valence electrons. The molecule has 0 unspecified atom stereocenters. The summed E-state index contributed by atoms with van der Waals surface area (Å²) in [5, 5.41) is 5.12. The molecule has 0 spiro atoms. The largest absolute Gasteiger partial charge is 0.422 e. The zero-order valence-electron chi connectivity index (χ0n) is 16.8. The molecule has 0 saturated heterocycles. The van der Waals surface area contributed by atoms with Gasteiger partial charge in [-0.05, 0) is 60.2 Å². The van der Waals surface area contributed by atoms with E-state index in [1.165, 1.54) is 21.7 Å². The van der Waals surface area contributed by atoms with Crippen LogP contribution < -0.4 is 15.2 Å². The molecule has 2 aromatic heterocycles. The Kier molecular flexibility index (Phi) is 5.07. The van der Waals surface area contributed by atoms with Crippen LogP contribution >= 0.6 is 11.3 Å². The van der Waals surface area contributed by atoms with E-state index in [0.29, 0.717) is 45.9 Å². The highest BCUT2D eigenvalue weighted by Gasteiger charge is 2.30. The molecule has 2 aromatic carbocycles. The smallest absolute Gasteiger partial charge is 0.349 e. The second-order valence-electron chi connectivity index (χ2n) is 7.40. The number of nitrogens with zero attached hydrogens (tertiary/aromatic N) is 1. The van der Waals surface area contributed by atoms with E-state index in [-0.39, 0.29) is 5.56 Å². The van der Waals surface area contributed by atoms with Crippen LogP contribution in [0.15, 0.2) is 79.5 Å². The fourth-order valence-corrected chi connectivity index (χ4v) is 6.47. The Morgan fingerprint density at radius 3 is 2.72 bits per heavy atom. The Morgan fingerprint density at radius 2 is 1.91 bits per heavy atom. The molecule has 0 radical (unpaired) electrons. The Bertz CT molecular complexity index is 1490. The van der Waals surface area contributed by atoms with Gasteiger partial charge in [0.2, 0.25) is 0 Å². The lowest BCUT2D eigenvalue weighted by Crippen LogP contribution is -2.35. The van der Waals surface area contributed by atoms with Gasteiger partial charge in [-0.2, -0.15) is 0 Å². The van der Waals surface area contributed by atoms with Crippen LogP contribution in [0.1, 0.15) is 22.3 Å². The molecule has 0 atom stereocenters. The van der Waals surface area contributed by atoms with E-state index in [2.05, 4.69) is 5.32 Å². The topological polar surface area (TPSA) is 96.7 Å². The van der Waals surface area contributed by atoms with Crippen LogP contribution in [-0.4, -0.2) is 20.9 Å². The molecule has 0 bridgehead atoms. The summed E-state index contributed by atoms with van der Waals surface area (Å²) in [4.78, 5) is 25.0. The second-order valence-corrected chi connectivity index (χ2v) is 10.4. The molecule has 1 N–H and O–H groups in total. The van der Waals surface area contributed by atoms with Crippen molar-refractivity contribution in [1.29, 1.82) is 0 Å². The molecule has 1 amide bonds. The quantitative estimate of drug-likeness (QED) is 0.454. The number of benzene rings is 2. The van der Waals surface area contributed by atoms with Crippen molar-refractivity contribution in [3.05, 3.63) is 87.6 Å². The number of amides is 1. The van der Waals surface area contributed by atoms with Crippen LogP contribution in [0.4, 0.5) is 11.4 Å². The van der Waals surface area contributed by atoms with Gasteiger partial charge >= 0.3 is 5.63 Å². The lowest BCUT2D eigenvalue weighted by atomic mass is 10.0. The summed E-state index contributed by atoms with van der Waals surface area (Å²) in [5.74, 6) is -0.580. The van der Waals surface area contributed by atoms with Crippen LogP contribution in [0, 0.1) is 0 Å². The third-order valence-electron chi connectivity index (χ3n) is 5.34. The summed E-state index contributed by atoms with van der Waals surface area (Å²) < 4.78 is 33.0. The molecule has 0 fully saturated rings. The average molecular weight is 467 g/mol. The number of hydrogen-bond acceptors (Lipinski definition) is 6. The number of anilines is 2. The maximum Gasteiger partial charge on any atom is 0.349 e. The average Bonchev–Trinajstić information content (AvgIpc) is 3.34. The molecule has 4 aromatic rings. The first kappa shape index (κ1) is 20.5. The fraction of sp³-hybridized carbons (Fsp3) is 0.130. The Hall–Kier alpha value is -3.43. The highest BCUT2D eigenvalue weighted by Crippen LogP contribution is 2.34. The minimum Gasteiger partial charge on any atom is -0.422 e. The zero-order chi connectivity index (χ0) is 22.3. The van der Waals surface area contributed by atoms with E-state index < -0.39 is 21.6 Å². The van der Waals surface area contributed by atoms with Crippen molar-refractivity contribution in [3.8, 4) is 0 Å². The summed E-state index contributed by atoms with van der Waals surface area (Å²) in [6, 6.07) is 16.9. The number of fused-ring (bicyclic) bond motifs is 2. The number of thiophene rings is 1. The normalized spacial score (nSPS) is 13.7. The van der Waals surface area contributed by atoms with Crippen molar-refractivity contribution >= 4 is 49.6 Å². The molecule has 0 saturated carbocycles. The monoisotopic (exact) mass is 466 g/mol. The van der Waals surface area contributed by atoms with E-state index in [1.54, 1.807) is 60.0 Å². The Morgan fingerprint density at radius 1 is 1.06 bits per heavy atom. The van der Waals surface area contributed by atoms with Gasteiger partial charge in [-0.15, -0.1) is 11.3 Å². The molecule has 0 aliphatic carbocycles. The Labute approximate surface area is 188 Å². The molecule has 5 rings (SSSR count). The summed E-state index contributed by atoms with van der Waals surface area (Å²) in [5.41, 5.74) is 1.51. The van der Waals surface area contributed by atoms with E-state index in [1.807, 2.05) is 0 Å². The number of rotatable bonds is 4. The molecular weight excluding hydrogens is 448 g/mol. The number of hydrogen-bond donors (Lipinski definition) is 1. The van der Waals surface area contributed by atoms with E-state index >= 15 is 0 Å². The van der Waals surface area contributed by atoms with Gasteiger partial charge in [0, 0.05) is 17.6 Å². The van der Waals surface area contributed by atoms with Gasteiger partial charge in [-0.25, -0.2) is 13.2 Å². The molecule has 7 nitrogen and oxygen atoms in total. The van der Waals surface area contributed by atoms with Crippen LogP contribution in [0.5, 0.6) is 0 Å². The second kappa shape index (κ2) is 7.92. The van der Waals surface area contributed by atoms with Crippen molar-refractivity contribution in [2.75, 3.05) is 16.2 Å². The van der Waals surface area contributed by atoms with Gasteiger partial charge in [0.05, 0.1) is 5.69 Å². The fourth-order valence-electron chi connectivity index (χ4n) is 3.83. The predicted octanol–water partition coefficient (Wildman–Crippen LogP) is 4.25. The van der Waals surface area contributed by atoms with E-state index in [9.17, 15) is 18.0 Å². The number of nitrogens with one attached hydrogen (secondary N) is 1. The lowest BCUT2D eigenvalue weighted by molar-refractivity contribution is 0.102. The first-order valence-electron chi connectivity index (χ1n) is 9.97. The zero-order valence-corrected chi connectivity index (χ0v) is 18.4. The number of aryl methyl sites for hydroxylation is 1. The van der Waals surface area contributed by atoms with Gasteiger partial charge in [0.25, 0.3) is 15.9 Å². The minimum absolute atomic E-state index is 0.0941. The van der Waals surface area contributed by atoms with Crippen LogP contribution in [0.2, 0.25) is 0 Å². The van der Waals surface area contributed by atoms with Crippen molar-refractivity contribution in [2.24, 2.45) is 0 Å². The standard InChI is InChI=1S/C23H18N2O5S2/c26-22(18-14-16-5-1-2-7-20(16)30-23(18)27)24-17-9-10-19-15(13-17)6-3-11-25(19)32(28,29)21-8-4-12-31-21/h1-2,4-5,7-10,12-14H,3,6,11H2,(H,24,26). The highest BCUT2D eigenvalue weighted by molar-refractivity contribution is 7.94. The number of para-hydroxylation sites is 1. The maximum atomic E-state index is 13.0. The van der Waals surface area contributed by atoms with Gasteiger partial charge in [0.1, 0.15) is 15.4 Å². The van der Waals surface area contributed by atoms with Crippen molar-refractivity contribution in [2.45, 2.75) is 17.1 Å². The van der Waals surface area contributed by atoms with Gasteiger partial charge < -0.3 is 9.73 Å². The van der Waals surface area contributed by atoms with E-state index in [0.717, 1.165) is 5.56 Å². The first-order valence-corrected chi connectivity index (χ1v) is 12.3. The van der Waals surface area contributed by atoms with Gasteiger partial charge in [-0.1, -0.05) is 24.3 Å². The summed E-state index contributed by atoms with van der Waals surface area (Å²) in [7, 11) is -3.63. The highest BCUT2D eigenvalue weighted by atomic mass is 32.2. The molecule has 3 heterocycles. The molecule has 32 heavy (non-hydrogen) atoms. The number of carbonyl (C=O) groups excluding carboxylic acids is 1. The minimum atomic E-state index is -3.63. The first-order chi connectivity index (χ1) is 15.4.